The highest BCUT2D eigenvalue weighted by molar-refractivity contribution is 7.10. The first-order valence-electron chi connectivity index (χ1n) is 6.70. The maximum absolute atomic E-state index is 12.1. The summed E-state index contributed by atoms with van der Waals surface area (Å²) >= 11 is 1.71. The van der Waals surface area contributed by atoms with Crippen LogP contribution in [0, 0.1) is 13.8 Å². The van der Waals surface area contributed by atoms with Crippen LogP contribution in [0.15, 0.2) is 35.7 Å². The second-order valence-corrected chi connectivity index (χ2v) is 5.99. The van der Waals surface area contributed by atoms with Gasteiger partial charge in [0, 0.05) is 17.1 Å². The van der Waals surface area contributed by atoms with Crippen molar-refractivity contribution in [3.63, 3.8) is 0 Å². The molecule has 4 heteroatoms. The molecule has 2 rings (SSSR count). The van der Waals surface area contributed by atoms with E-state index in [9.17, 15) is 4.79 Å². The number of hydrogen-bond acceptors (Lipinski definition) is 3. The summed E-state index contributed by atoms with van der Waals surface area (Å²) in [7, 11) is 0. The van der Waals surface area contributed by atoms with Gasteiger partial charge in [-0.15, -0.1) is 11.3 Å². The lowest BCUT2D eigenvalue weighted by molar-refractivity contribution is -0.117. The SMILES string of the molecule is Cc1ccc(NC(=O)C(C)NCc2sccc2C)cc1. The quantitative estimate of drug-likeness (QED) is 0.884. The number of benzene rings is 1. The zero-order chi connectivity index (χ0) is 14.5. The zero-order valence-corrected chi connectivity index (χ0v) is 12.9. The second kappa shape index (κ2) is 6.68. The molecule has 0 aliphatic rings. The molecule has 0 fully saturated rings. The van der Waals surface area contributed by atoms with Crippen molar-refractivity contribution in [1.29, 1.82) is 0 Å². The molecule has 2 aromatic rings. The molecule has 106 valence electrons. The van der Waals surface area contributed by atoms with Crippen molar-refractivity contribution < 1.29 is 4.79 Å². The number of anilines is 1. The van der Waals surface area contributed by atoms with Gasteiger partial charge >= 0.3 is 0 Å². The Morgan fingerprint density at radius 3 is 2.50 bits per heavy atom. The van der Waals surface area contributed by atoms with Gasteiger partial charge in [0.2, 0.25) is 5.91 Å². The molecule has 0 saturated heterocycles. The molecule has 1 amide bonds. The molecule has 2 N–H and O–H groups in total. The molecule has 0 spiro atoms. The Kier molecular flexibility index (Phi) is 4.93. The first-order chi connectivity index (χ1) is 9.56. The van der Waals surface area contributed by atoms with E-state index in [1.54, 1.807) is 11.3 Å². The summed E-state index contributed by atoms with van der Waals surface area (Å²) in [5.41, 5.74) is 3.29. The first kappa shape index (κ1) is 14.8. The van der Waals surface area contributed by atoms with Crippen molar-refractivity contribution in [2.24, 2.45) is 0 Å². The number of carbonyl (C=O) groups excluding carboxylic acids is 1. The fraction of sp³-hybridized carbons (Fsp3) is 0.312. The van der Waals surface area contributed by atoms with Crippen LogP contribution in [0.4, 0.5) is 5.69 Å². The molecule has 0 aliphatic carbocycles. The number of aryl methyl sites for hydroxylation is 2. The third-order valence-corrected chi connectivity index (χ3v) is 4.27. The molecule has 0 saturated carbocycles. The Labute approximate surface area is 124 Å². The Bertz CT molecular complexity index is 574. The maximum atomic E-state index is 12.1. The molecule has 0 aliphatic heterocycles. The molecule has 1 heterocycles. The minimum Gasteiger partial charge on any atom is -0.325 e. The number of thiophene rings is 1. The Morgan fingerprint density at radius 2 is 1.90 bits per heavy atom. The highest BCUT2D eigenvalue weighted by Crippen LogP contribution is 2.15. The van der Waals surface area contributed by atoms with Crippen LogP contribution in [0.1, 0.15) is 22.9 Å². The van der Waals surface area contributed by atoms with E-state index in [1.807, 2.05) is 38.1 Å². The predicted octanol–water partition coefficient (Wildman–Crippen LogP) is 3.48. The van der Waals surface area contributed by atoms with Gasteiger partial charge < -0.3 is 10.6 Å². The van der Waals surface area contributed by atoms with Gasteiger partial charge in [-0.05, 0) is 49.9 Å². The molecule has 3 nitrogen and oxygen atoms in total. The molecular weight excluding hydrogens is 268 g/mol. The van der Waals surface area contributed by atoms with Gasteiger partial charge in [-0.25, -0.2) is 0 Å². The third-order valence-electron chi connectivity index (χ3n) is 3.25. The maximum Gasteiger partial charge on any atom is 0.241 e. The zero-order valence-electron chi connectivity index (χ0n) is 12.1. The molecule has 1 unspecified atom stereocenters. The van der Waals surface area contributed by atoms with Gasteiger partial charge in [0.1, 0.15) is 0 Å². The first-order valence-corrected chi connectivity index (χ1v) is 7.58. The van der Waals surface area contributed by atoms with Crippen LogP contribution in [0.2, 0.25) is 0 Å². The van der Waals surface area contributed by atoms with Crippen LogP contribution < -0.4 is 10.6 Å². The van der Waals surface area contributed by atoms with Crippen LogP contribution in [0.3, 0.4) is 0 Å². The van der Waals surface area contributed by atoms with E-state index in [2.05, 4.69) is 29.0 Å². The predicted molar refractivity (Wildman–Crippen MR) is 85.2 cm³/mol. The fourth-order valence-corrected chi connectivity index (χ4v) is 2.67. The average Bonchev–Trinajstić information content (AvgIpc) is 2.84. The third kappa shape index (κ3) is 3.92. The van der Waals surface area contributed by atoms with Gasteiger partial charge in [-0.3, -0.25) is 4.79 Å². The van der Waals surface area contributed by atoms with Gasteiger partial charge in [0.05, 0.1) is 6.04 Å². The van der Waals surface area contributed by atoms with Gasteiger partial charge in [0.25, 0.3) is 0 Å². The molecule has 1 aromatic heterocycles. The highest BCUT2D eigenvalue weighted by Gasteiger charge is 2.13. The second-order valence-electron chi connectivity index (χ2n) is 4.98. The van der Waals surface area contributed by atoms with E-state index >= 15 is 0 Å². The topological polar surface area (TPSA) is 41.1 Å². The number of nitrogens with one attached hydrogen (secondary N) is 2. The van der Waals surface area contributed by atoms with Crippen LogP contribution in [0.5, 0.6) is 0 Å². The number of hydrogen-bond donors (Lipinski definition) is 2. The van der Waals surface area contributed by atoms with Crippen LogP contribution in [0.25, 0.3) is 0 Å². The monoisotopic (exact) mass is 288 g/mol. The summed E-state index contributed by atoms with van der Waals surface area (Å²) in [5, 5.41) is 8.24. The largest absolute Gasteiger partial charge is 0.325 e. The molecule has 20 heavy (non-hydrogen) atoms. The minimum atomic E-state index is -0.224. The van der Waals surface area contributed by atoms with Crippen LogP contribution in [-0.2, 0) is 11.3 Å². The lowest BCUT2D eigenvalue weighted by Gasteiger charge is -2.14. The standard InChI is InChI=1S/C16H20N2OS/c1-11-4-6-14(7-5-11)18-16(19)13(3)17-10-15-12(2)8-9-20-15/h4-9,13,17H,10H2,1-3H3,(H,18,19). The molecular formula is C16H20N2OS. The van der Waals surface area contributed by atoms with Crippen molar-refractivity contribution in [2.45, 2.75) is 33.4 Å². The van der Waals surface area contributed by atoms with Gasteiger partial charge in [-0.1, -0.05) is 17.7 Å². The van der Waals surface area contributed by atoms with Crippen molar-refractivity contribution in [3.05, 3.63) is 51.7 Å². The summed E-state index contributed by atoms with van der Waals surface area (Å²) in [6.45, 7) is 6.72. The normalized spacial score (nSPS) is 12.2. The summed E-state index contributed by atoms with van der Waals surface area (Å²) in [4.78, 5) is 13.3. The minimum absolute atomic E-state index is 0.0111. The van der Waals surface area contributed by atoms with E-state index in [4.69, 9.17) is 0 Å². The molecule has 0 radical (unpaired) electrons. The van der Waals surface area contributed by atoms with Crippen LogP contribution >= 0.6 is 11.3 Å². The highest BCUT2D eigenvalue weighted by atomic mass is 32.1. The molecule has 1 aromatic carbocycles. The van der Waals surface area contributed by atoms with Crippen molar-refractivity contribution in [2.75, 3.05) is 5.32 Å². The smallest absolute Gasteiger partial charge is 0.241 e. The Hall–Kier alpha value is -1.65. The van der Waals surface area contributed by atoms with E-state index in [1.165, 1.54) is 16.0 Å². The van der Waals surface area contributed by atoms with Crippen molar-refractivity contribution in [1.82, 2.24) is 5.32 Å². The van der Waals surface area contributed by atoms with E-state index in [0.29, 0.717) is 0 Å². The Morgan fingerprint density at radius 1 is 1.20 bits per heavy atom. The summed E-state index contributed by atoms with van der Waals surface area (Å²) in [6, 6.07) is 9.69. The molecule has 1 atom stereocenters. The van der Waals surface area contributed by atoms with Crippen molar-refractivity contribution in [3.8, 4) is 0 Å². The lowest BCUT2D eigenvalue weighted by Crippen LogP contribution is -2.37. The Balaban J connectivity index is 1.86. The molecule has 0 bridgehead atoms. The lowest BCUT2D eigenvalue weighted by atomic mass is 10.2. The number of rotatable bonds is 5. The van der Waals surface area contributed by atoms with E-state index < -0.39 is 0 Å². The summed E-state index contributed by atoms with van der Waals surface area (Å²) in [5.74, 6) is -0.0111. The fourth-order valence-electron chi connectivity index (χ4n) is 1.81. The van der Waals surface area contributed by atoms with E-state index in [-0.39, 0.29) is 11.9 Å². The summed E-state index contributed by atoms with van der Waals surface area (Å²) in [6.07, 6.45) is 0. The number of amides is 1. The van der Waals surface area contributed by atoms with Gasteiger partial charge in [0.15, 0.2) is 0 Å². The van der Waals surface area contributed by atoms with Crippen LogP contribution in [-0.4, -0.2) is 11.9 Å². The summed E-state index contributed by atoms with van der Waals surface area (Å²) < 4.78 is 0. The van der Waals surface area contributed by atoms with E-state index in [0.717, 1.165) is 12.2 Å². The van der Waals surface area contributed by atoms with Crippen molar-refractivity contribution >= 4 is 22.9 Å². The number of carbonyl (C=O) groups is 1. The average molecular weight is 288 g/mol. The van der Waals surface area contributed by atoms with Gasteiger partial charge in [-0.2, -0.15) is 0 Å².